The van der Waals surface area contributed by atoms with Gasteiger partial charge in [0.05, 0.1) is 11.5 Å². The summed E-state index contributed by atoms with van der Waals surface area (Å²) in [5, 5.41) is 2.68. The standard InChI is InChI=1S/C21H21BrF3N3O3/c1-13-10-16(3-4-17(13)22)27-19(29)12-31-20(30)14-6-8-28(9-7-14)18-5-2-15(11-26-18)21(23,24)25/h2-5,10-11,14H,6-9,12H2,1H3,(H,27,29). The molecule has 1 amide bonds. The number of halogens is 4. The van der Waals surface area contributed by atoms with Crippen LogP contribution in [0.25, 0.3) is 0 Å². The van der Waals surface area contributed by atoms with Crippen molar-refractivity contribution in [1.82, 2.24) is 4.98 Å². The average molecular weight is 500 g/mol. The highest BCUT2D eigenvalue weighted by Crippen LogP contribution is 2.30. The monoisotopic (exact) mass is 499 g/mol. The lowest BCUT2D eigenvalue weighted by Crippen LogP contribution is -2.38. The van der Waals surface area contributed by atoms with Gasteiger partial charge < -0.3 is 15.0 Å². The predicted octanol–water partition coefficient (Wildman–Crippen LogP) is 4.57. The molecule has 0 saturated carbocycles. The largest absolute Gasteiger partial charge is 0.455 e. The zero-order valence-corrected chi connectivity index (χ0v) is 18.3. The molecule has 1 fully saturated rings. The minimum atomic E-state index is -4.43. The number of carbonyl (C=O) groups excluding carboxylic acids is 2. The van der Waals surface area contributed by atoms with Crippen molar-refractivity contribution in [2.24, 2.45) is 5.92 Å². The minimum Gasteiger partial charge on any atom is -0.455 e. The van der Waals surface area contributed by atoms with Gasteiger partial charge in [0.25, 0.3) is 5.91 Å². The lowest BCUT2D eigenvalue weighted by Gasteiger charge is -2.31. The Bertz CT molecular complexity index is 943. The number of rotatable bonds is 5. The maximum atomic E-state index is 12.7. The van der Waals surface area contributed by atoms with Crippen LogP contribution in [-0.4, -0.2) is 36.6 Å². The predicted molar refractivity (Wildman–Crippen MR) is 113 cm³/mol. The Labute approximate surface area is 185 Å². The van der Waals surface area contributed by atoms with E-state index in [1.165, 1.54) is 6.07 Å². The maximum absolute atomic E-state index is 12.7. The van der Waals surface area contributed by atoms with Crippen LogP contribution in [0.2, 0.25) is 0 Å². The highest BCUT2D eigenvalue weighted by Gasteiger charge is 2.31. The summed E-state index contributed by atoms with van der Waals surface area (Å²) < 4.78 is 44.0. The van der Waals surface area contributed by atoms with Gasteiger partial charge in [0, 0.05) is 29.4 Å². The van der Waals surface area contributed by atoms with Gasteiger partial charge in [0.2, 0.25) is 0 Å². The number of aromatic nitrogens is 1. The molecule has 0 bridgehead atoms. The number of alkyl halides is 3. The number of nitrogens with one attached hydrogen (secondary N) is 1. The van der Waals surface area contributed by atoms with Gasteiger partial charge in [-0.15, -0.1) is 0 Å². The molecule has 0 aliphatic carbocycles. The van der Waals surface area contributed by atoms with Gasteiger partial charge in [0.1, 0.15) is 5.82 Å². The molecule has 2 heterocycles. The number of piperidine rings is 1. The van der Waals surface area contributed by atoms with Gasteiger partial charge in [-0.05, 0) is 55.7 Å². The molecule has 2 aromatic rings. The molecule has 0 atom stereocenters. The number of esters is 1. The van der Waals surface area contributed by atoms with Crippen molar-refractivity contribution in [3.05, 3.63) is 52.1 Å². The fourth-order valence-corrected chi connectivity index (χ4v) is 3.51. The van der Waals surface area contributed by atoms with E-state index in [0.29, 0.717) is 37.4 Å². The lowest BCUT2D eigenvalue weighted by molar-refractivity contribution is -0.152. The first kappa shape index (κ1) is 23.1. The molecule has 3 rings (SSSR count). The van der Waals surface area contributed by atoms with Gasteiger partial charge in [-0.3, -0.25) is 9.59 Å². The van der Waals surface area contributed by atoms with Crippen molar-refractivity contribution >= 4 is 39.3 Å². The van der Waals surface area contributed by atoms with E-state index >= 15 is 0 Å². The number of amides is 1. The molecule has 1 aliphatic heterocycles. The second kappa shape index (κ2) is 9.67. The van der Waals surface area contributed by atoms with E-state index in [2.05, 4.69) is 26.2 Å². The van der Waals surface area contributed by atoms with E-state index < -0.39 is 23.6 Å². The summed E-state index contributed by atoms with van der Waals surface area (Å²) in [6.45, 7) is 2.44. The first-order valence-corrected chi connectivity index (χ1v) is 10.4. The quantitative estimate of drug-likeness (QED) is 0.610. The molecule has 0 radical (unpaired) electrons. The molecule has 1 aromatic heterocycles. The molecule has 166 valence electrons. The molecule has 6 nitrogen and oxygen atoms in total. The summed E-state index contributed by atoms with van der Waals surface area (Å²) in [4.78, 5) is 30.0. The van der Waals surface area contributed by atoms with Gasteiger partial charge in [-0.2, -0.15) is 13.2 Å². The maximum Gasteiger partial charge on any atom is 0.417 e. The van der Waals surface area contributed by atoms with Crippen LogP contribution in [0.5, 0.6) is 0 Å². The zero-order valence-electron chi connectivity index (χ0n) is 16.7. The lowest BCUT2D eigenvalue weighted by atomic mass is 9.97. The molecule has 1 saturated heterocycles. The van der Waals surface area contributed by atoms with Gasteiger partial charge in [-0.1, -0.05) is 15.9 Å². The summed E-state index contributed by atoms with van der Waals surface area (Å²) in [5.41, 5.74) is 0.773. The Morgan fingerprint density at radius 3 is 2.52 bits per heavy atom. The molecule has 31 heavy (non-hydrogen) atoms. The smallest absolute Gasteiger partial charge is 0.417 e. The van der Waals surface area contributed by atoms with E-state index in [9.17, 15) is 22.8 Å². The van der Waals surface area contributed by atoms with Crippen molar-refractivity contribution in [2.45, 2.75) is 25.9 Å². The number of hydrogen-bond acceptors (Lipinski definition) is 5. The Kier molecular flexibility index (Phi) is 7.19. The second-order valence-electron chi connectivity index (χ2n) is 7.28. The van der Waals surface area contributed by atoms with Crippen LogP contribution in [0.15, 0.2) is 41.0 Å². The van der Waals surface area contributed by atoms with Crippen molar-refractivity contribution in [3.8, 4) is 0 Å². The number of benzene rings is 1. The van der Waals surface area contributed by atoms with Crippen LogP contribution in [0, 0.1) is 12.8 Å². The summed E-state index contributed by atoms with van der Waals surface area (Å²) >= 11 is 3.38. The zero-order chi connectivity index (χ0) is 22.6. The summed E-state index contributed by atoms with van der Waals surface area (Å²) in [5.74, 6) is -0.818. The fraction of sp³-hybridized carbons (Fsp3) is 0.381. The van der Waals surface area contributed by atoms with Crippen LogP contribution in [0.4, 0.5) is 24.7 Å². The van der Waals surface area contributed by atoms with Crippen LogP contribution in [0.3, 0.4) is 0 Å². The number of pyridine rings is 1. The third-order valence-electron chi connectivity index (χ3n) is 5.01. The highest BCUT2D eigenvalue weighted by molar-refractivity contribution is 9.10. The van der Waals surface area contributed by atoms with E-state index in [1.54, 1.807) is 12.1 Å². The number of nitrogens with zero attached hydrogens (tertiary/aromatic N) is 2. The molecule has 0 unspecified atom stereocenters. The third-order valence-corrected chi connectivity index (χ3v) is 5.90. The second-order valence-corrected chi connectivity index (χ2v) is 8.14. The van der Waals surface area contributed by atoms with Crippen molar-refractivity contribution in [2.75, 3.05) is 29.9 Å². The Morgan fingerprint density at radius 2 is 1.94 bits per heavy atom. The highest BCUT2D eigenvalue weighted by atomic mass is 79.9. The van der Waals surface area contributed by atoms with E-state index in [-0.39, 0.29) is 12.5 Å². The van der Waals surface area contributed by atoms with E-state index in [1.807, 2.05) is 17.9 Å². The van der Waals surface area contributed by atoms with Gasteiger partial charge in [0.15, 0.2) is 6.61 Å². The van der Waals surface area contributed by atoms with Crippen LogP contribution >= 0.6 is 15.9 Å². The van der Waals surface area contributed by atoms with Crippen molar-refractivity contribution in [3.63, 3.8) is 0 Å². The van der Waals surface area contributed by atoms with E-state index in [0.717, 1.165) is 22.3 Å². The molecular weight excluding hydrogens is 479 g/mol. The summed E-state index contributed by atoms with van der Waals surface area (Å²) in [6.07, 6.45) is -2.68. The Balaban J connectivity index is 1.44. The number of anilines is 2. The van der Waals surface area contributed by atoms with Crippen LogP contribution < -0.4 is 10.2 Å². The van der Waals surface area contributed by atoms with Gasteiger partial charge in [-0.25, -0.2) is 4.98 Å². The minimum absolute atomic E-state index is 0.367. The summed E-state index contributed by atoms with van der Waals surface area (Å²) in [6, 6.07) is 7.68. The van der Waals surface area contributed by atoms with Crippen LogP contribution in [-0.2, 0) is 20.5 Å². The molecular formula is C21H21BrF3N3O3. The first-order chi connectivity index (χ1) is 14.6. The molecule has 1 aliphatic rings. The van der Waals surface area contributed by atoms with E-state index in [4.69, 9.17) is 4.74 Å². The third kappa shape index (κ3) is 6.19. The number of hydrogen-bond donors (Lipinski definition) is 1. The molecule has 0 spiro atoms. The first-order valence-electron chi connectivity index (χ1n) is 9.64. The number of ether oxygens (including phenoxy) is 1. The van der Waals surface area contributed by atoms with Crippen LogP contribution in [0.1, 0.15) is 24.0 Å². The average Bonchev–Trinajstić information content (AvgIpc) is 2.74. The molecule has 1 N–H and O–H groups in total. The molecule has 1 aromatic carbocycles. The van der Waals surface area contributed by atoms with Gasteiger partial charge >= 0.3 is 12.1 Å². The fourth-order valence-electron chi connectivity index (χ4n) is 3.26. The SMILES string of the molecule is Cc1cc(NC(=O)COC(=O)C2CCN(c3ccc(C(F)(F)F)cn3)CC2)ccc1Br. The normalized spacial score (nSPS) is 14.9. The summed E-state index contributed by atoms with van der Waals surface area (Å²) in [7, 11) is 0. The molecule has 10 heteroatoms. The number of aryl methyl sites for hydroxylation is 1. The van der Waals surface area contributed by atoms with Crippen molar-refractivity contribution in [1.29, 1.82) is 0 Å². The topological polar surface area (TPSA) is 71.5 Å². The number of carbonyl (C=O) groups is 2. The van der Waals surface area contributed by atoms with Crippen molar-refractivity contribution < 1.29 is 27.5 Å². The Morgan fingerprint density at radius 1 is 1.23 bits per heavy atom. The Hall–Kier alpha value is -2.62.